The second-order valence-electron chi connectivity index (χ2n) is 2.17. The van der Waals surface area contributed by atoms with Crippen molar-refractivity contribution in [3.05, 3.63) is 12.2 Å². The number of halogens is 2. The fourth-order valence-electron chi connectivity index (χ4n) is 0.487. The van der Waals surface area contributed by atoms with Gasteiger partial charge in [-0.2, -0.15) is 0 Å². The Morgan fingerprint density at radius 3 is 1.56 bits per heavy atom. The molecule has 0 heterocycles. The third kappa shape index (κ3) is 7.54. The molecule has 0 aromatic heterocycles. The normalized spacial score (nSPS) is 13.2. The van der Waals surface area contributed by atoms with E-state index in [1.54, 1.807) is 45.2 Å². The maximum Gasteiger partial charge on any atom is 0.332 e. The summed E-state index contributed by atoms with van der Waals surface area (Å²) in [6.07, 6.45) is 11.8. The first-order valence-corrected chi connectivity index (χ1v) is 6.28. The van der Waals surface area contributed by atoms with Crippen molar-refractivity contribution in [2.45, 2.75) is 8.22 Å². The lowest BCUT2D eigenvalue weighted by Gasteiger charge is -2.03. The molecule has 2 unspecified atom stereocenters. The van der Waals surface area contributed by atoms with Crippen LogP contribution in [0.1, 0.15) is 0 Å². The Hall–Kier alpha value is -0.740. The van der Waals surface area contributed by atoms with E-state index in [-0.39, 0.29) is 0 Å². The van der Waals surface area contributed by atoms with Crippen LogP contribution in [0.4, 0.5) is 0 Å². The maximum atomic E-state index is 11.0. The Bertz CT molecular complexity index is 339. The number of carbonyl (C=O) groups excluding carboxylic acids is 2. The van der Waals surface area contributed by atoms with E-state index in [4.69, 9.17) is 12.8 Å². The quantitative estimate of drug-likeness (QED) is 0.217. The third-order valence-electron chi connectivity index (χ3n) is 1.06. The molecule has 2 atom stereocenters. The van der Waals surface area contributed by atoms with Gasteiger partial charge in [0.15, 0.2) is 0 Å². The average Bonchev–Trinajstić information content (AvgIpc) is 2.26. The molecule has 0 rings (SSSR count). The molecule has 0 amide bonds. The van der Waals surface area contributed by atoms with Crippen LogP contribution in [0.2, 0.25) is 0 Å². The zero-order valence-corrected chi connectivity index (χ0v) is 12.2. The van der Waals surface area contributed by atoms with Crippen LogP contribution in [-0.2, 0) is 19.1 Å². The number of carbonyl (C=O) groups is 2. The van der Waals surface area contributed by atoms with E-state index in [2.05, 4.69) is 21.3 Å². The monoisotopic (exact) mass is 444 g/mol. The largest absolute Gasteiger partial charge is 0.436 e. The summed E-state index contributed by atoms with van der Waals surface area (Å²) >= 11 is 3.49. The van der Waals surface area contributed by atoms with Crippen LogP contribution in [0.3, 0.4) is 0 Å². The lowest BCUT2D eigenvalue weighted by Crippen LogP contribution is -2.10. The number of terminal acetylenes is 2. The minimum atomic E-state index is -0.722. The first-order valence-electron chi connectivity index (χ1n) is 3.79. The first kappa shape index (κ1) is 15.3. The van der Waals surface area contributed by atoms with E-state index in [9.17, 15) is 9.59 Å². The number of hydrogen-bond donors (Lipinski definition) is 0. The van der Waals surface area contributed by atoms with E-state index < -0.39 is 20.2 Å². The molecule has 0 aliphatic heterocycles. The van der Waals surface area contributed by atoms with Gasteiger partial charge in [-0.05, 0) is 45.2 Å². The molecule has 6 heteroatoms. The minimum absolute atomic E-state index is 0.672. The number of esters is 2. The number of rotatable bonds is 4. The van der Waals surface area contributed by atoms with Gasteiger partial charge >= 0.3 is 11.9 Å². The van der Waals surface area contributed by atoms with Crippen molar-refractivity contribution in [2.75, 3.05) is 0 Å². The molecule has 4 nitrogen and oxygen atoms in total. The molecular formula is C10H6I2O4. The van der Waals surface area contributed by atoms with Crippen molar-refractivity contribution in [2.24, 2.45) is 0 Å². The highest BCUT2D eigenvalue weighted by Gasteiger charge is 2.07. The number of ether oxygens (including phenoxy) is 2. The summed E-state index contributed by atoms with van der Waals surface area (Å²) in [5, 5.41) is 0. The lowest BCUT2D eigenvalue weighted by molar-refractivity contribution is -0.139. The molecule has 0 spiro atoms. The van der Waals surface area contributed by atoms with Crippen LogP contribution < -0.4 is 0 Å². The summed E-state index contributed by atoms with van der Waals surface area (Å²) in [4.78, 5) is 22.0. The second kappa shape index (κ2) is 8.42. The molecule has 16 heavy (non-hydrogen) atoms. The van der Waals surface area contributed by atoms with E-state index in [0.717, 1.165) is 12.2 Å². The standard InChI is InChI=1S/C10H6I2O4/c1-3-7(11)15-9(13)5-6-10(14)16-8(12)4-2/h1-2,5-8H/b6-5-. The van der Waals surface area contributed by atoms with Crippen molar-refractivity contribution >= 4 is 57.1 Å². The Balaban J connectivity index is 4.10. The van der Waals surface area contributed by atoms with Crippen molar-refractivity contribution in [3.63, 3.8) is 0 Å². The molecule has 0 aliphatic rings. The molecule has 0 bridgehead atoms. The zero-order valence-electron chi connectivity index (χ0n) is 7.85. The Morgan fingerprint density at radius 1 is 1.00 bits per heavy atom. The Labute approximate surface area is 120 Å². The molecule has 0 aromatic carbocycles. The smallest absolute Gasteiger partial charge is 0.332 e. The topological polar surface area (TPSA) is 52.6 Å². The fourth-order valence-corrected chi connectivity index (χ4v) is 0.988. The van der Waals surface area contributed by atoms with E-state index in [1.807, 2.05) is 0 Å². The highest BCUT2D eigenvalue weighted by molar-refractivity contribution is 14.1. The van der Waals surface area contributed by atoms with E-state index in [1.165, 1.54) is 0 Å². The van der Waals surface area contributed by atoms with Crippen LogP contribution in [0.5, 0.6) is 0 Å². The van der Waals surface area contributed by atoms with Gasteiger partial charge in [-0.3, -0.25) is 0 Å². The predicted molar refractivity (Wildman–Crippen MR) is 74.6 cm³/mol. The molecule has 84 valence electrons. The van der Waals surface area contributed by atoms with Crippen molar-refractivity contribution in [1.82, 2.24) is 0 Å². The van der Waals surface area contributed by atoms with Crippen LogP contribution in [0.25, 0.3) is 0 Å². The molecule has 0 radical (unpaired) electrons. The van der Waals surface area contributed by atoms with Crippen molar-refractivity contribution in [3.8, 4) is 24.7 Å². The minimum Gasteiger partial charge on any atom is -0.436 e. The summed E-state index contributed by atoms with van der Waals surface area (Å²) in [6, 6.07) is 0. The van der Waals surface area contributed by atoms with Gasteiger partial charge in [0.2, 0.25) is 8.22 Å². The lowest BCUT2D eigenvalue weighted by atomic mass is 10.5. The van der Waals surface area contributed by atoms with E-state index in [0.29, 0.717) is 0 Å². The van der Waals surface area contributed by atoms with Crippen LogP contribution in [0, 0.1) is 24.7 Å². The highest BCUT2D eigenvalue weighted by Crippen LogP contribution is 2.03. The number of alkyl halides is 2. The summed E-state index contributed by atoms with van der Waals surface area (Å²) in [7, 11) is 0. The van der Waals surface area contributed by atoms with Gasteiger partial charge in [-0.15, -0.1) is 12.8 Å². The molecule has 0 saturated heterocycles. The van der Waals surface area contributed by atoms with Crippen molar-refractivity contribution in [1.29, 1.82) is 0 Å². The molecule has 0 N–H and O–H groups in total. The van der Waals surface area contributed by atoms with Crippen LogP contribution >= 0.6 is 45.2 Å². The Kier molecular flexibility index (Phi) is 8.03. The van der Waals surface area contributed by atoms with Crippen LogP contribution in [-0.4, -0.2) is 20.2 Å². The van der Waals surface area contributed by atoms with Gasteiger partial charge in [0.1, 0.15) is 0 Å². The third-order valence-corrected chi connectivity index (χ3v) is 2.28. The van der Waals surface area contributed by atoms with Gasteiger partial charge in [0, 0.05) is 12.2 Å². The van der Waals surface area contributed by atoms with Gasteiger partial charge < -0.3 is 9.47 Å². The molecule has 0 aromatic rings. The zero-order chi connectivity index (χ0) is 12.6. The molecule has 0 saturated carbocycles. The van der Waals surface area contributed by atoms with E-state index >= 15 is 0 Å². The number of hydrogen-bond acceptors (Lipinski definition) is 4. The summed E-state index contributed by atoms with van der Waals surface area (Å²) in [5.41, 5.74) is 0. The Morgan fingerprint density at radius 2 is 1.31 bits per heavy atom. The highest BCUT2D eigenvalue weighted by atomic mass is 127. The summed E-state index contributed by atoms with van der Waals surface area (Å²) in [6.45, 7) is 0. The predicted octanol–water partition coefficient (Wildman–Crippen LogP) is 1.42. The van der Waals surface area contributed by atoms with Crippen LogP contribution in [0.15, 0.2) is 12.2 Å². The van der Waals surface area contributed by atoms with Gasteiger partial charge in [-0.1, -0.05) is 11.8 Å². The SMILES string of the molecule is C#CC(I)OC(=O)/C=C\C(=O)OC(I)C#C. The van der Waals surface area contributed by atoms with Gasteiger partial charge in [0.25, 0.3) is 0 Å². The van der Waals surface area contributed by atoms with Crippen molar-refractivity contribution < 1.29 is 19.1 Å². The average molecular weight is 444 g/mol. The summed E-state index contributed by atoms with van der Waals surface area (Å²) < 4.78 is 7.97. The van der Waals surface area contributed by atoms with Gasteiger partial charge in [-0.25, -0.2) is 9.59 Å². The molecular weight excluding hydrogens is 438 g/mol. The first-order chi connectivity index (χ1) is 7.49. The second-order valence-corrected chi connectivity index (χ2v) is 4.44. The molecule has 0 aliphatic carbocycles. The van der Waals surface area contributed by atoms with Gasteiger partial charge in [0.05, 0.1) is 0 Å². The maximum absolute atomic E-state index is 11.0. The molecule has 0 fully saturated rings. The fraction of sp³-hybridized carbons (Fsp3) is 0.200. The summed E-state index contributed by atoms with van der Waals surface area (Å²) in [5.74, 6) is 2.94.